The van der Waals surface area contributed by atoms with Gasteiger partial charge in [0.15, 0.2) is 0 Å². The molecule has 0 heterocycles. The van der Waals surface area contributed by atoms with Crippen molar-refractivity contribution in [2.45, 2.75) is 26.8 Å². The Morgan fingerprint density at radius 2 is 1.95 bits per heavy atom. The average molecular weight is 273 g/mol. The van der Waals surface area contributed by atoms with Crippen LogP contribution >= 0.6 is 0 Å². The van der Waals surface area contributed by atoms with Crippen LogP contribution in [0.5, 0.6) is 11.5 Å². The number of hydrogen-bond acceptors (Lipinski definition) is 2. The highest BCUT2D eigenvalue weighted by molar-refractivity contribution is 5.39. The van der Waals surface area contributed by atoms with E-state index in [4.69, 9.17) is 4.74 Å². The molecule has 20 heavy (non-hydrogen) atoms. The Morgan fingerprint density at radius 1 is 1.15 bits per heavy atom. The summed E-state index contributed by atoms with van der Waals surface area (Å²) < 4.78 is 19.1. The summed E-state index contributed by atoms with van der Waals surface area (Å²) in [6.07, 6.45) is 1.10. The number of ether oxygens (including phenoxy) is 1. The predicted octanol–water partition coefficient (Wildman–Crippen LogP) is 4.43. The van der Waals surface area contributed by atoms with Gasteiger partial charge in [0.2, 0.25) is 0 Å². The van der Waals surface area contributed by atoms with Crippen molar-refractivity contribution in [2.24, 2.45) is 0 Å². The van der Waals surface area contributed by atoms with Crippen LogP contribution in [0.3, 0.4) is 0 Å². The van der Waals surface area contributed by atoms with Crippen LogP contribution in [0.25, 0.3) is 0 Å². The van der Waals surface area contributed by atoms with Gasteiger partial charge in [-0.2, -0.15) is 0 Å². The van der Waals surface area contributed by atoms with E-state index in [1.54, 1.807) is 19.1 Å². The maximum absolute atomic E-state index is 13.3. The SMILES string of the molecule is CCCNCc1ccccc1Oc1ccc(F)c(C)c1. The molecule has 2 nitrogen and oxygen atoms in total. The van der Waals surface area contributed by atoms with Crippen molar-refractivity contribution in [2.75, 3.05) is 6.54 Å². The number of para-hydroxylation sites is 1. The minimum atomic E-state index is -0.213. The van der Waals surface area contributed by atoms with Gasteiger partial charge < -0.3 is 10.1 Å². The molecule has 0 saturated carbocycles. The van der Waals surface area contributed by atoms with Gasteiger partial charge in [-0.25, -0.2) is 4.39 Å². The summed E-state index contributed by atoms with van der Waals surface area (Å²) in [7, 11) is 0. The van der Waals surface area contributed by atoms with E-state index < -0.39 is 0 Å². The van der Waals surface area contributed by atoms with Gasteiger partial charge in [-0.15, -0.1) is 0 Å². The molecule has 106 valence electrons. The Hall–Kier alpha value is -1.87. The lowest BCUT2D eigenvalue weighted by Crippen LogP contribution is -2.14. The summed E-state index contributed by atoms with van der Waals surface area (Å²) in [6, 6.07) is 12.7. The minimum absolute atomic E-state index is 0.213. The number of benzene rings is 2. The van der Waals surface area contributed by atoms with Crippen LogP contribution in [0.1, 0.15) is 24.5 Å². The second-order valence-corrected chi connectivity index (χ2v) is 4.80. The second kappa shape index (κ2) is 7.06. The van der Waals surface area contributed by atoms with Gasteiger partial charge in [0.05, 0.1) is 0 Å². The predicted molar refractivity (Wildman–Crippen MR) is 79.7 cm³/mol. The summed E-state index contributed by atoms with van der Waals surface area (Å²) in [5, 5.41) is 3.36. The highest BCUT2D eigenvalue weighted by atomic mass is 19.1. The van der Waals surface area contributed by atoms with Crippen LogP contribution in [-0.2, 0) is 6.54 Å². The van der Waals surface area contributed by atoms with Gasteiger partial charge in [0, 0.05) is 12.1 Å². The van der Waals surface area contributed by atoms with Crippen LogP contribution in [0.4, 0.5) is 4.39 Å². The zero-order valence-electron chi connectivity index (χ0n) is 11.9. The molecule has 0 fully saturated rings. The van der Waals surface area contributed by atoms with Crippen molar-refractivity contribution >= 4 is 0 Å². The van der Waals surface area contributed by atoms with Gasteiger partial charge in [-0.1, -0.05) is 25.1 Å². The van der Waals surface area contributed by atoms with Gasteiger partial charge in [0.25, 0.3) is 0 Å². The number of rotatable bonds is 6. The molecule has 0 aromatic heterocycles. The summed E-state index contributed by atoms with van der Waals surface area (Å²) >= 11 is 0. The minimum Gasteiger partial charge on any atom is -0.457 e. The summed E-state index contributed by atoms with van der Waals surface area (Å²) in [6.45, 7) is 5.61. The maximum atomic E-state index is 13.3. The van der Waals surface area contributed by atoms with E-state index in [1.165, 1.54) is 6.07 Å². The molecule has 0 aliphatic carbocycles. The first-order valence-corrected chi connectivity index (χ1v) is 6.93. The zero-order valence-corrected chi connectivity index (χ0v) is 11.9. The van der Waals surface area contributed by atoms with Crippen molar-refractivity contribution < 1.29 is 9.13 Å². The molecule has 2 aromatic rings. The van der Waals surface area contributed by atoms with Crippen LogP contribution in [0.15, 0.2) is 42.5 Å². The molecule has 0 aliphatic heterocycles. The van der Waals surface area contributed by atoms with Crippen molar-refractivity contribution in [1.29, 1.82) is 0 Å². The van der Waals surface area contributed by atoms with E-state index in [-0.39, 0.29) is 5.82 Å². The first-order valence-electron chi connectivity index (χ1n) is 6.93. The molecular weight excluding hydrogens is 253 g/mol. The topological polar surface area (TPSA) is 21.3 Å². The smallest absolute Gasteiger partial charge is 0.131 e. The van der Waals surface area contributed by atoms with Gasteiger partial charge >= 0.3 is 0 Å². The molecule has 0 aliphatic rings. The average Bonchev–Trinajstić information content (AvgIpc) is 2.45. The molecule has 0 saturated heterocycles. The molecule has 0 bridgehead atoms. The van der Waals surface area contributed by atoms with Crippen molar-refractivity contribution in [1.82, 2.24) is 5.32 Å². The summed E-state index contributed by atoms with van der Waals surface area (Å²) in [4.78, 5) is 0. The van der Waals surface area contributed by atoms with Crippen molar-refractivity contribution in [3.8, 4) is 11.5 Å². The normalized spacial score (nSPS) is 10.6. The van der Waals surface area contributed by atoms with Crippen LogP contribution in [-0.4, -0.2) is 6.54 Å². The maximum Gasteiger partial charge on any atom is 0.131 e. The monoisotopic (exact) mass is 273 g/mol. The Morgan fingerprint density at radius 3 is 2.70 bits per heavy atom. The Kier molecular flexibility index (Phi) is 5.13. The van der Waals surface area contributed by atoms with Gasteiger partial charge in [0.1, 0.15) is 17.3 Å². The first kappa shape index (κ1) is 14.5. The molecule has 2 aromatic carbocycles. The lowest BCUT2D eigenvalue weighted by Gasteiger charge is -2.12. The molecule has 0 unspecified atom stereocenters. The number of halogens is 1. The first-order chi connectivity index (χ1) is 9.70. The fraction of sp³-hybridized carbons (Fsp3) is 0.294. The highest BCUT2D eigenvalue weighted by Gasteiger charge is 2.05. The quantitative estimate of drug-likeness (QED) is 0.786. The Bertz CT molecular complexity index is 569. The van der Waals surface area contributed by atoms with E-state index in [0.29, 0.717) is 11.3 Å². The van der Waals surface area contributed by atoms with E-state index in [0.717, 1.165) is 30.8 Å². The van der Waals surface area contributed by atoms with E-state index in [1.807, 2.05) is 24.3 Å². The molecule has 0 amide bonds. The van der Waals surface area contributed by atoms with Crippen LogP contribution in [0.2, 0.25) is 0 Å². The van der Waals surface area contributed by atoms with Crippen molar-refractivity contribution in [3.63, 3.8) is 0 Å². The van der Waals surface area contributed by atoms with E-state index >= 15 is 0 Å². The molecule has 2 rings (SSSR count). The van der Waals surface area contributed by atoms with Gasteiger partial charge in [-0.05, 0) is 49.7 Å². The zero-order chi connectivity index (χ0) is 14.4. The Labute approximate surface area is 119 Å². The summed E-state index contributed by atoms with van der Waals surface area (Å²) in [5.74, 6) is 1.25. The lowest BCUT2D eigenvalue weighted by atomic mass is 10.2. The van der Waals surface area contributed by atoms with Gasteiger partial charge in [-0.3, -0.25) is 0 Å². The number of nitrogens with one attached hydrogen (secondary N) is 1. The fourth-order valence-electron chi connectivity index (χ4n) is 1.96. The third-order valence-corrected chi connectivity index (χ3v) is 3.07. The van der Waals surface area contributed by atoms with Crippen LogP contribution < -0.4 is 10.1 Å². The second-order valence-electron chi connectivity index (χ2n) is 4.80. The number of aryl methyl sites for hydroxylation is 1. The largest absolute Gasteiger partial charge is 0.457 e. The molecule has 3 heteroatoms. The molecule has 0 radical (unpaired) electrons. The number of hydrogen-bond donors (Lipinski definition) is 1. The fourth-order valence-corrected chi connectivity index (χ4v) is 1.96. The standard InChI is InChI=1S/C17H20FNO/c1-3-10-19-12-14-6-4-5-7-17(14)20-15-8-9-16(18)13(2)11-15/h4-9,11,19H,3,10,12H2,1-2H3. The van der Waals surface area contributed by atoms with Crippen LogP contribution in [0, 0.1) is 12.7 Å². The Balaban J connectivity index is 2.13. The van der Waals surface area contributed by atoms with Crippen molar-refractivity contribution in [3.05, 3.63) is 59.4 Å². The molecule has 0 atom stereocenters. The third-order valence-electron chi connectivity index (χ3n) is 3.07. The lowest BCUT2D eigenvalue weighted by molar-refractivity contribution is 0.470. The molecular formula is C17H20FNO. The third kappa shape index (κ3) is 3.81. The van der Waals surface area contributed by atoms with E-state index in [9.17, 15) is 4.39 Å². The molecule has 1 N–H and O–H groups in total. The summed E-state index contributed by atoms with van der Waals surface area (Å²) in [5.41, 5.74) is 1.69. The molecule has 0 spiro atoms. The van der Waals surface area contributed by atoms with E-state index in [2.05, 4.69) is 12.2 Å². The highest BCUT2D eigenvalue weighted by Crippen LogP contribution is 2.26.